The first-order valence-corrected chi connectivity index (χ1v) is 15.4. The van der Waals surface area contributed by atoms with E-state index in [-0.39, 0.29) is 33.8 Å². The molecule has 0 bridgehead atoms. The van der Waals surface area contributed by atoms with Crippen LogP contribution in [-0.4, -0.2) is 52.3 Å². The number of hydrogen-bond donors (Lipinski definition) is 0. The summed E-state index contributed by atoms with van der Waals surface area (Å²) in [5, 5.41) is 0. The van der Waals surface area contributed by atoms with Gasteiger partial charge in [0, 0.05) is 11.1 Å². The van der Waals surface area contributed by atoms with Crippen LogP contribution in [0.3, 0.4) is 0 Å². The average molecular weight is 655 g/mol. The predicted molar refractivity (Wildman–Crippen MR) is 178 cm³/mol. The van der Waals surface area contributed by atoms with E-state index < -0.39 is 23.9 Å². The summed E-state index contributed by atoms with van der Waals surface area (Å²) in [5.41, 5.74) is 3.63. The Labute approximate surface area is 279 Å². The lowest BCUT2D eigenvalue weighted by Gasteiger charge is -2.20. The smallest absolute Gasteiger partial charge is 0.343 e. The van der Waals surface area contributed by atoms with Crippen molar-refractivity contribution in [2.75, 3.05) is 28.4 Å². The number of carbonyl (C=O) groups excluding carboxylic acids is 4. The molecule has 0 saturated carbocycles. The number of hydrogen-bond acceptors (Lipinski definition) is 10. The maximum absolute atomic E-state index is 13.5. The molecule has 4 aromatic rings. The van der Waals surface area contributed by atoms with Gasteiger partial charge >= 0.3 is 23.9 Å². The number of methoxy groups -OCH3 is 4. The topological polar surface area (TPSA) is 124 Å². The monoisotopic (exact) mass is 654 g/mol. The minimum absolute atomic E-state index is 0.106. The highest BCUT2D eigenvalue weighted by Gasteiger charge is 2.26. The molecule has 0 fully saturated rings. The molecule has 0 unspecified atom stereocenters. The fourth-order valence-corrected chi connectivity index (χ4v) is 5.12. The van der Waals surface area contributed by atoms with Gasteiger partial charge in [0.2, 0.25) is 0 Å². The van der Waals surface area contributed by atoms with Crippen LogP contribution in [0.5, 0.6) is 23.0 Å². The molecule has 0 amide bonds. The summed E-state index contributed by atoms with van der Waals surface area (Å²) in [6.45, 7) is 4.09. The summed E-state index contributed by atoms with van der Waals surface area (Å²) in [6, 6.07) is 19.1. The fraction of sp³-hybridized carbons (Fsp3) is 0.263. The van der Waals surface area contributed by atoms with E-state index in [1.165, 1.54) is 77.0 Å². The van der Waals surface area contributed by atoms with Crippen LogP contribution >= 0.6 is 0 Å². The van der Waals surface area contributed by atoms with Crippen molar-refractivity contribution in [3.8, 4) is 34.1 Å². The highest BCUT2D eigenvalue weighted by Crippen LogP contribution is 2.47. The van der Waals surface area contributed by atoms with Gasteiger partial charge < -0.3 is 28.4 Å². The van der Waals surface area contributed by atoms with Crippen LogP contribution in [0.15, 0.2) is 72.8 Å². The van der Waals surface area contributed by atoms with Crippen LogP contribution in [0.25, 0.3) is 11.1 Å². The van der Waals surface area contributed by atoms with Gasteiger partial charge in [-0.25, -0.2) is 19.2 Å². The van der Waals surface area contributed by atoms with Crippen LogP contribution < -0.4 is 18.9 Å². The number of aryl methyl sites for hydroxylation is 2. The van der Waals surface area contributed by atoms with Crippen molar-refractivity contribution in [2.24, 2.45) is 0 Å². The quantitative estimate of drug-likeness (QED) is 0.107. The minimum Gasteiger partial charge on any atom is -0.493 e. The summed E-state index contributed by atoms with van der Waals surface area (Å²) in [4.78, 5) is 50.9. The molecule has 250 valence electrons. The van der Waals surface area contributed by atoms with Crippen molar-refractivity contribution < 1.29 is 47.6 Å². The highest BCUT2D eigenvalue weighted by atomic mass is 16.6. The van der Waals surface area contributed by atoms with Gasteiger partial charge in [-0.15, -0.1) is 0 Å². The van der Waals surface area contributed by atoms with Crippen molar-refractivity contribution in [3.05, 3.63) is 106 Å². The molecule has 4 rings (SSSR count). The minimum atomic E-state index is -0.699. The Morgan fingerprint density at radius 2 is 0.792 bits per heavy atom. The number of benzene rings is 4. The molecule has 0 aromatic heterocycles. The third kappa shape index (κ3) is 8.01. The molecule has 0 heterocycles. The number of rotatable bonds is 13. The molecular formula is C38H38O10. The summed E-state index contributed by atoms with van der Waals surface area (Å²) in [7, 11) is 5.50. The molecule has 0 aliphatic rings. The molecule has 0 spiro atoms. The third-order valence-corrected chi connectivity index (χ3v) is 7.51. The SMILES string of the molecule is CCCc1cc(OC)c(OC(=O)c2ccc(C(=O)OC)cc2)c(-c2cc(CCC)cc(OC)c2OC(=O)c2ccc(C(=O)OC)cc2)c1. The first-order chi connectivity index (χ1) is 23.2. The van der Waals surface area contributed by atoms with E-state index in [9.17, 15) is 19.2 Å². The molecule has 0 aliphatic carbocycles. The van der Waals surface area contributed by atoms with Crippen LogP contribution in [0.4, 0.5) is 0 Å². The Morgan fingerprint density at radius 1 is 0.479 bits per heavy atom. The zero-order valence-electron chi connectivity index (χ0n) is 27.8. The predicted octanol–water partition coefficient (Wildman–Crippen LogP) is 7.29. The zero-order chi connectivity index (χ0) is 34.8. The molecule has 4 aromatic carbocycles. The highest BCUT2D eigenvalue weighted by molar-refractivity contribution is 5.97. The van der Waals surface area contributed by atoms with Crippen LogP contribution in [0.1, 0.15) is 79.2 Å². The Bertz CT molecular complexity index is 1660. The molecule has 0 atom stereocenters. The third-order valence-electron chi connectivity index (χ3n) is 7.51. The molecule has 0 saturated heterocycles. The van der Waals surface area contributed by atoms with E-state index in [4.69, 9.17) is 28.4 Å². The van der Waals surface area contributed by atoms with Crippen molar-refractivity contribution in [1.29, 1.82) is 0 Å². The molecule has 0 N–H and O–H groups in total. The van der Waals surface area contributed by atoms with E-state index in [1.807, 2.05) is 26.0 Å². The first kappa shape index (κ1) is 35.2. The lowest BCUT2D eigenvalue weighted by molar-refractivity contribution is 0.0591. The molecule has 0 aliphatic heterocycles. The Balaban J connectivity index is 1.87. The second-order valence-electron chi connectivity index (χ2n) is 10.8. The van der Waals surface area contributed by atoms with Gasteiger partial charge in [0.25, 0.3) is 0 Å². The number of ether oxygens (including phenoxy) is 6. The molecule has 48 heavy (non-hydrogen) atoms. The van der Waals surface area contributed by atoms with Gasteiger partial charge in [-0.3, -0.25) is 0 Å². The number of esters is 4. The van der Waals surface area contributed by atoms with Crippen LogP contribution in [-0.2, 0) is 22.3 Å². The molecular weight excluding hydrogens is 616 g/mol. The van der Waals surface area contributed by atoms with Gasteiger partial charge in [-0.1, -0.05) is 26.7 Å². The van der Waals surface area contributed by atoms with Gasteiger partial charge in [0.05, 0.1) is 50.7 Å². The first-order valence-electron chi connectivity index (χ1n) is 15.4. The summed E-state index contributed by atoms with van der Waals surface area (Å²) >= 11 is 0. The Morgan fingerprint density at radius 3 is 1.06 bits per heavy atom. The maximum atomic E-state index is 13.5. The fourth-order valence-electron chi connectivity index (χ4n) is 5.12. The normalized spacial score (nSPS) is 10.5. The largest absolute Gasteiger partial charge is 0.493 e. The summed E-state index contributed by atoms with van der Waals surface area (Å²) < 4.78 is 33.1. The average Bonchev–Trinajstić information content (AvgIpc) is 3.11. The van der Waals surface area contributed by atoms with Crippen molar-refractivity contribution in [3.63, 3.8) is 0 Å². The van der Waals surface area contributed by atoms with Crippen molar-refractivity contribution in [1.82, 2.24) is 0 Å². The summed E-state index contributed by atoms with van der Waals surface area (Å²) in [5.74, 6) is -1.66. The number of carbonyl (C=O) groups is 4. The molecule has 10 heteroatoms. The zero-order valence-corrected chi connectivity index (χ0v) is 27.8. The van der Waals surface area contributed by atoms with Gasteiger partial charge in [0.15, 0.2) is 23.0 Å². The van der Waals surface area contributed by atoms with E-state index >= 15 is 0 Å². The molecule has 10 nitrogen and oxygen atoms in total. The van der Waals surface area contributed by atoms with E-state index in [1.54, 1.807) is 12.1 Å². The Kier molecular flexibility index (Phi) is 11.9. The van der Waals surface area contributed by atoms with Crippen molar-refractivity contribution >= 4 is 23.9 Å². The second kappa shape index (κ2) is 16.3. The lowest BCUT2D eigenvalue weighted by atomic mass is 9.95. The van der Waals surface area contributed by atoms with Crippen LogP contribution in [0, 0.1) is 0 Å². The van der Waals surface area contributed by atoms with E-state index in [0.717, 1.165) is 24.0 Å². The van der Waals surface area contributed by atoms with Crippen molar-refractivity contribution in [2.45, 2.75) is 39.5 Å². The van der Waals surface area contributed by atoms with Gasteiger partial charge in [-0.05, 0) is 96.8 Å². The van der Waals surface area contributed by atoms with Gasteiger partial charge in [0.1, 0.15) is 0 Å². The van der Waals surface area contributed by atoms with Gasteiger partial charge in [-0.2, -0.15) is 0 Å². The van der Waals surface area contributed by atoms with E-state index in [0.29, 0.717) is 35.5 Å². The van der Waals surface area contributed by atoms with E-state index in [2.05, 4.69) is 0 Å². The summed E-state index contributed by atoms with van der Waals surface area (Å²) in [6.07, 6.45) is 3.05. The lowest BCUT2D eigenvalue weighted by Crippen LogP contribution is -2.13. The molecule has 0 radical (unpaired) electrons. The Hall–Kier alpha value is -5.64. The van der Waals surface area contributed by atoms with Crippen LogP contribution in [0.2, 0.25) is 0 Å². The standard InChI is InChI=1S/C38H38O10/c1-7-9-23-19-29(33(31(21-23)43-3)47-37(41)27-15-11-25(12-16-27)35(39)45-5)30-20-24(10-8-2)22-32(44-4)34(30)48-38(42)28-17-13-26(14-18-28)36(40)46-6/h11-22H,7-10H2,1-6H3. The maximum Gasteiger partial charge on any atom is 0.343 e. The second-order valence-corrected chi connectivity index (χ2v) is 10.8.